The molecule has 282 valence electrons. The van der Waals surface area contributed by atoms with Gasteiger partial charge in [0.2, 0.25) is 0 Å². The van der Waals surface area contributed by atoms with Crippen molar-refractivity contribution in [1.82, 2.24) is 0 Å². The molecule has 0 radical (unpaired) electrons. The van der Waals surface area contributed by atoms with Gasteiger partial charge in [-0.2, -0.15) is 0 Å². The van der Waals surface area contributed by atoms with Gasteiger partial charge in [0, 0.05) is 11.1 Å². The number of hydrogen-bond acceptors (Lipinski definition) is 4. The van der Waals surface area contributed by atoms with Gasteiger partial charge in [-0.3, -0.25) is 0 Å². The van der Waals surface area contributed by atoms with E-state index in [4.69, 9.17) is 50.5 Å². The highest BCUT2D eigenvalue weighted by molar-refractivity contribution is 8.10. The van der Waals surface area contributed by atoms with E-state index in [-0.39, 0.29) is 0 Å². The lowest BCUT2D eigenvalue weighted by Crippen LogP contribution is -2.32. The molecule has 0 fully saturated rings. The van der Waals surface area contributed by atoms with Crippen LogP contribution in [0.3, 0.4) is 0 Å². The quantitative estimate of drug-likeness (QED) is 0.0723. The first-order valence-corrected chi connectivity index (χ1v) is 24.4. The summed E-state index contributed by atoms with van der Waals surface area (Å²) >= 11 is 20.2. The topological polar surface area (TPSA) is 0 Å². The van der Waals surface area contributed by atoms with Crippen molar-refractivity contribution < 1.29 is 0 Å². The van der Waals surface area contributed by atoms with Crippen molar-refractivity contribution in [3.63, 3.8) is 0 Å². The van der Waals surface area contributed by atoms with Crippen molar-refractivity contribution in [1.29, 1.82) is 0 Å². The van der Waals surface area contributed by atoms with E-state index in [1.165, 1.54) is 31.8 Å². The zero-order valence-electron chi connectivity index (χ0n) is 31.6. The SMILES string of the molecule is SC(S)=C(c1ccc(-c2ccc(C(=C(S)S)[P+](c3ccccc3)(c3ccccc3)c3ccccc3)cc2)cc1)[P+](c1ccccc1)(c1ccccc1)c1ccccc1. The van der Waals surface area contributed by atoms with E-state index in [0.717, 1.165) is 32.9 Å². The summed E-state index contributed by atoms with van der Waals surface area (Å²) in [5, 5.41) is 9.74. The normalized spacial score (nSPS) is 11.4. The van der Waals surface area contributed by atoms with Crippen LogP contribution < -0.4 is 31.8 Å². The lowest BCUT2D eigenvalue weighted by Gasteiger charge is -2.30. The van der Waals surface area contributed by atoms with Crippen molar-refractivity contribution >= 4 is 107 Å². The van der Waals surface area contributed by atoms with Crippen molar-refractivity contribution in [2.45, 2.75) is 0 Å². The van der Waals surface area contributed by atoms with Crippen molar-refractivity contribution in [3.05, 3.63) is 250 Å². The van der Waals surface area contributed by atoms with E-state index in [9.17, 15) is 0 Å². The molecule has 0 bridgehead atoms. The van der Waals surface area contributed by atoms with Crippen LogP contribution in [0.25, 0.3) is 21.8 Å². The van der Waals surface area contributed by atoms with E-state index in [1.807, 2.05) is 0 Å². The maximum atomic E-state index is 5.05. The van der Waals surface area contributed by atoms with Crippen LogP contribution in [0.15, 0.2) is 239 Å². The highest BCUT2D eigenvalue weighted by atomic mass is 32.2. The maximum Gasteiger partial charge on any atom is 0.146 e. The predicted molar refractivity (Wildman–Crippen MR) is 272 cm³/mol. The number of hydrogen-bond donors (Lipinski definition) is 4. The number of benzene rings is 8. The molecule has 0 aliphatic carbocycles. The molecule has 0 heterocycles. The van der Waals surface area contributed by atoms with Gasteiger partial charge in [0.05, 0.1) is 8.47 Å². The molecule has 0 aliphatic rings. The molecule has 58 heavy (non-hydrogen) atoms. The second-order valence-electron chi connectivity index (χ2n) is 13.9. The Morgan fingerprint density at radius 2 is 0.431 bits per heavy atom. The monoisotopic (exact) mass is 856 g/mol. The van der Waals surface area contributed by atoms with E-state index < -0.39 is 14.5 Å². The molecule has 0 aliphatic heterocycles. The molecule has 6 heteroatoms. The van der Waals surface area contributed by atoms with Crippen LogP contribution >= 0.6 is 65.0 Å². The summed E-state index contributed by atoms with van der Waals surface area (Å²) in [6, 6.07) is 82.9. The average molecular weight is 857 g/mol. The van der Waals surface area contributed by atoms with Crippen LogP contribution in [0.1, 0.15) is 11.1 Å². The maximum absolute atomic E-state index is 5.05. The van der Waals surface area contributed by atoms with E-state index in [0.29, 0.717) is 8.47 Å². The fraction of sp³-hybridized carbons (Fsp3) is 0. The number of thiol groups is 4. The second kappa shape index (κ2) is 18.2. The molecule has 8 aromatic rings. The highest BCUT2D eigenvalue weighted by Crippen LogP contribution is 2.69. The summed E-state index contributed by atoms with van der Waals surface area (Å²) in [6.07, 6.45) is 0. The van der Waals surface area contributed by atoms with Crippen LogP contribution in [0.5, 0.6) is 0 Å². The van der Waals surface area contributed by atoms with Gasteiger partial charge < -0.3 is 0 Å². The standard InChI is InChI=1S/C52H40P2S4/c55-51(56)49(53(43-19-7-1-8-20-43,44-21-9-2-10-22-44)45-23-11-3-12-24-45)41-35-31-39(32-36-41)40-33-37-42(38-34-40)50(52(57)58)54(46-25-13-4-14-26-46,47-27-15-5-16-28-47)48-29-17-6-18-30-48/h1-38H,(H2-2,55,56,57,58)/p+2. The molecule has 8 rings (SSSR count). The van der Waals surface area contributed by atoms with Gasteiger partial charge in [0.15, 0.2) is 0 Å². The van der Waals surface area contributed by atoms with Crippen LogP contribution in [-0.2, 0) is 0 Å². The Labute approximate surface area is 366 Å². The van der Waals surface area contributed by atoms with E-state index in [2.05, 4.69) is 231 Å². The average Bonchev–Trinajstić information content (AvgIpc) is 3.29. The van der Waals surface area contributed by atoms with Gasteiger partial charge in [0.25, 0.3) is 0 Å². The summed E-state index contributed by atoms with van der Waals surface area (Å²) in [4.78, 5) is 0. The minimum atomic E-state index is -2.44. The fourth-order valence-corrected chi connectivity index (χ4v) is 19.2. The Hall–Kier alpha value is -4.50. The molecular weight excluding hydrogens is 815 g/mol. The highest BCUT2D eigenvalue weighted by Gasteiger charge is 2.52. The summed E-state index contributed by atoms with van der Waals surface area (Å²) < 4.78 is 1.41. The zero-order valence-corrected chi connectivity index (χ0v) is 37.0. The first-order chi connectivity index (χ1) is 28.5. The lowest BCUT2D eigenvalue weighted by atomic mass is 10.0. The van der Waals surface area contributed by atoms with Gasteiger partial charge in [-0.1, -0.05) is 158 Å². The minimum Gasteiger partial charge on any atom is -0.133 e. The second-order valence-corrected chi connectivity index (χ2v) is 23.0. The van der Waals surface area contributed by atoms with Crippen LogP contribution in [0, 0.1) is 0 Å². The van der Waals surface area contributed by atoms with Crippen molar-refractivity contribution in [2.75, 3.05) is 0 Å². The molecular formula is C52H42P2S4+2. The number of rotatable bonds is 11. The van der Waals surface area contributed by atoms with Crippen LogP contribution in [0.4, 0.5) is 0 Å². The molecule has 0 nitrogen and oxygen atoms in total. The molecule has 0 atom stereocenters. The first-order valence-electron chi connectivity index (χ1n) is 19.0. The molecule has 0 saturated carbocycles. The van der Waals surface area contributed by atoms with E-state index in [1.54, 1.807) is 0 Å². The van der Waals surface area contributed by atoms with Gasteiger partial charge in [0.1, 0.15) is 57.0 Å². The Morgan fingerprint density at radius 1 is 0.241 bits per heavy atom. The lowest BCUT2D eigenvalue weighted by molar-refractivity contribution is 1.57. The van der Waals surface area contributed by atoms with Gasteiger partial charge in [-0.05, 0) is 83.9 Å². The van der Waals surface area contributed by atoms with Gasteiger partial charge >= 0.3 is 0 Å². The third kappa shape index (κ3) is 7.60. The van der Waals surface area contributed by atoms with Crippen LogP contribution in [-0.4, -0.2) is 0 Å². The molecule has 0 amide bonds. The Bertz CT molecular complexity index is 2260. The fourth-order valence-electron chi connectivity index (χ4n) is 8.17. The summed E-state index contributed by atoms with van der Waals surface area (Å²) in [5.74, 6) is 0. The smallest absolute Gasteiger partial charge is 0.133 e. The van der Waals surface area contributed by atoms with Crippen LogP contribution in [0.2, 0.25) is 0 Å². The largest absolute Gasteiger partial charge is 0.146 e. The first kappa shape index (κ1) is 40.3. The third-order valence-corrected chi connectivity index (χ3v) is 20.9. The molecule has 0 aromatic heterocycles. The van der Waals surface area contributed by atoms with Gasteiger partial charge in [-0.25, -0.2) is 0 Å². The van der Waals surface area contributed by atoms with Gasteiger partial charge in [-0.15, -0.1) is 50.5 Å². The summed E-state index contributed by atoms with van der Waals surface area (Å²) in [6.45, 7) is 0. The molecule has 0 N–H and O–H groups in total. The third-order valence-electron chi connectivity index (χ3n) is 10.6. The summed E-state index contributed by atoms with van der Waals surface area (Å²) in [7, 11) is -4.88. The van der Waals surface area contributed by atoms with Crippen molar-refractivity contribution in [2.24, 2.45) is 0 Å². The molecule has 8 aromatic carbocycles. The summed E-state index contributed by atoms with van der Waals surface area (Å²) in [5.41, 5.74) is 4.42. The molecule has 0 spiro atoms. The Balaban J connectivity index is 1.24. The zero-order chi connectivity index (χ0) is 40.0. The Morgan fingerprint density at radius 3 is 0.603 bits per heavy atom. The van der Waals surface area contributed by atoms with E-state index >= 15 is 0 Å². The van der Waals surface area contributed by atoms with Crippen molar-refractivity contribution in [3.8, 4) is 11.1 Å². The minimum absolute atomic E-state index is 0.706. The molecule has 0 saturated heterocycles. The predicted octanol–water partition coefficient (Wildman–Crippen LogP) is 12.3. The molecule has 0 unspecified atom stereocenters. The Kier molecular flexibility index (Phi) is 12.6.